The van der Waals surface area contributed by atoms with E-state index >= 15 is 0 Å². The molecule has 0 saturated carbocycles. The van der Waals surface area contributed by atoms with Crippen molar-refractivity contribution in [1.82, 2.24) is 5.32 Å². The molecule has 0 radical (unpaired) electrons. The van der Waals surface area contributed by atoms with E-state index in [0.717, 1.165) is 6.92 Å². The van der Waals surface area contributed by atoms with Crippen molar-refractivity contribution in [1.29, 1.82) is 0 Å². The summed E-state index contributed by atoms with van der Waals surface area (Å²) in [5, 5.41) is -3.78. The van der Waals surface area contributed by atoms with Crippen LogP contribution in [0.4, 0.5) is 26.3 Å². The molecule has 0 spiro atoms. The molecule has 0 saturated heterocycles. The average molecular weight is 444 g/mol. The Morgan fingerprint density at radius 1 is 1.14 bits per heavy atom. The summed E-state index contributed by atoms with van der Waals surface area (Å²) < 4.78 is 117. The Kier molecular flexibility index (Phi) is 8.17. The van der Waals surface area contributed by atoms with E-state index in [4.69, 9.17) is 0 Å². The number of halogens is 6. The molecular weight excluding hydrogens is 432 g/mol. The molecule has 28 heavy (non-hydrogen) atoms. The van der Waals surface area contributed by atoms with Gasteiger partial charge in [-0.2, -0.15) is 26.3 Å². The number of Topliss-reactive ketones (excluding diaryl/α,β-unsaturated/α-hetero) is 1. The van der Waals surface area contributed by atoms with Gasteiger partial charge in [-0.15, -0.1) is 0 Å². The van der Waals surface area contributed by atoms with Gasteiger partial charge in [-0.05, 0) is 6.92 Å². The van der Waals surface area contributed by atoms with Crippen LogP contribution in [0.25, 0.3) is 0 Å². The largest absolute Gasteiger partial charge is 0.743 e. The summed E-state index contributed by atoms with van der Waals surface area (Å²) >= 11 is 0. The topological polar surface area (TPSA) is 139 Å². The van der Waals surface area contributed by atoms with E-state index in [1.54, 1.807) is 0 Å². The third-order valence-corrected chi connectivity index (χ3v) is 3.63. The molecule has 0 aliphatic rings. The van der Waals surface area contributed by atoms with Crippen molar-refractivity contribution in [3.05, 3.63) is 12.4 Å². The molecule has 0 aromatic rings. The molecular formula is C12H12F6NO8S-. The molecule has 9 nitrogen and oxygen atoms in total. The molecule has 0 aliphatic heterocycles. The highest BCUT2D eigenvalue weighted by molar-refractivity contribution is 7.86. The van der Waals surface area contributed by atoms with Gasteiger partial charge >= 0.3 is 29.1 Å². The van der Waals surface area contributed by atoms with Crippen molar-refractivity contribution in [2.75, 3.05) is 13.2 Å². The third kappa shape index (κ3) is 6.45. The first-order valence-corrected chi connectivity index (χ1v) is 8.17. The lowest BCUT2D eigenvalue weighted by molar-refractivity contribution is -0.348. The van der Waals surface area contributed by atoms with Gasteiger partial charge in [0.15, 0.2) is 10.1 Å². The van der Waals surface area contributed by atoms with Gasteiger partial charge in [-0.25, -0.2) is 13.2 Å². The zero-order valence-electron chi connectivity index (χ0n) is 13.8. The van der Waals surface area contributed by atoms with Crippen LogP contribution in [-0.2, 0) is 34.0 Å². The number of alkyl halides is 5. The molecule has 0 aromatic heterocycles. The number of nitrogens with one attached hydrogen (secondary N) is 1. The van der Waals surface area contributed by atoms with Crippen LogP contribution in [0.2, 0.25) is 0 Å². The summed E-state index contributed by atoms with van der Waals surface area (Å²) in [4.78, 5) is 33.8. The van der Waals surface area contributed by atoms with Crippen LogP contribution >= 0.6 is 0 Å². The number of hydrogen-bond donors (Lipinski definition) is 1. The van der Waals surface area contributed by atoms with Crippen molar-refractivity contribution in [2.24, 2.45) is 0 Å². The number of carbonyl (C=O) groups excluding carboxylic acids is 3. The molecule has 0 heterocycles. The molecule has 16 heteroatoms. The Morgan fingerprint density at radius 3 is 2.00 bits per heavy atom. The van der Waals surface area contributed by atoms with Crippen molar-refractivity contribution < 1.29 is 63.2 Å². The molecule has 1 N–H and O–H groups in total. The SMILES string of the molecule is C=C(F)C(=O)OC(OCCC(F)(F)S(=O)(=O)[O-])(C(=O)NCC(C)=O)C(F)(F)F. The highest BCUT2D eigenvalue weighted by atomic mass is 32.2. The minimum atomic E-state index is -6.31. The first-order valence-electron chi connectivity index (χ1n) is 6.77. The molecule has 1 unspecified atom stereocenters. The number of amides is 1. The number of rotatable bonds is 10. The maximum absolute atomic E-state index is 13.4. The zero-order valence-corrected chi connectivity index (χ0v) is 14.6. The summed E-state index contributed by atoms with van der Waals surface area (Å²) in [7, 11) is -6.31. The maximum atomic E-state index is 13.4. The van der Waals surface area contributed by atoms with Gasteiger partial charge in [-0.1, -0.05) is 6.58 Å². The monoisotopic (exact) mass is 444 g/mol. The van der Waals surface area contributed by atoms with Crippen LogP contribution in [0, 0.1) is 0 Å². The highest BCUT2D eigenvalue weighted by Crippen LogP contribution is 2.37. The van der Waals surface area contributed by atoms with Crippen molar-refractivity contribution in [3.63, 3.8) is 0 Å². The Balaban J connectivity index is 5.91. The Morgan fingerprint density at radius 2 is 1.64 bits per heavy atom. The van der Waals surface area contributed by atoms with E-state index in [1.165, 1.54) is 5.32 Å². The fraction of sp³-hybridized carbons (Fsp3) is 0.583. The van der Waals surface area contributed by atoms with Crippen molar-refractivity contribution in [3.8, 4) is 0 Å². The van der Waals surface area contributed by atoms with E-state index in [9.17, 15) is 53.7 Å². The summed E-state index contributed by atoms with van der Waals surface area (Å²) in [6.45, 7) is 0.120. The summed E-state index contributed by atoms with van der Waals surface area (Å²) in [5.74, 6) is -12.7. The lowest BCUT2D eigenvalue weighted by atomic mass is 10.2. The van der Waals surface area contributed by atoms with E-state index in [-0.39, 0.29) is 0 Å². The van der Waals surface area contributed by atoms with E-state index in [0.29, 0.717) is 0 Å². The van der Waals surface area contributed by atoms with E-state index in [1.807, 2.05) is 0 Å². The number of ketones is 1. The molecule has 0 aromatic carbocycles. The fourth-order valence-corrected chi connectivity index (χ4v) is 1.69. The van der Waals surface area contributed by atoms with Gasteiger partial charge in [0, 0.05) is 6.42 Å². The number of carbonyl (C=O) groups is 3. The van der Waals surface area contributed by atoms with Gasteiger partial charge in [-0.3, -0.25) is 9.59 Å². The van der Waals surface area contributed by atoms with Gasteiger partial charge in [0.25, 0.3) is 0 Å². The quantitative estimate of drug-likeness (QED) is 0.169. The number of hydrogen-bond acceptors (Lipinski definition) is 8. The molecule has 1 atom stereocenters. The predicted octanol–water partition coefficient (Wildman–Crippen LogP) is 0.521. The van der Waals surface area contributed by atoms with Gasteiger partial charge in [0.05, 0.1) is 13.2 Å². The zero-order chi connectivity index (χ0) is 22.6. The van der Waals surface area contributed by atoms with Crippen LogP contribution < -0.4 is 5.32 Å². The van der Waals surface area contributed by atoms with Crippen LogP contribution in [0.15, 0.2) is 12.4 Å². The number of esters is 1. The first kappa shape index (κ1) is 25.8. The van der Waals surface area contributed by atoms with Crippen molar-refractivity contribution >= 4 is 27.8 Å². The molecule has 0 fully saturated rings. The van der Waals surface area contributed by atoms with E-state index < -0.39 is 70.4 Å². The van der Waals surface area contributed by atoms with Crippen LogP contribution in [-0.4, -0.2) is 61.0 Å². The van der Waals surface area contributed by atoms with Crippen LogP contribution in [0.3, 0.4) is 0 Å². The maximum Gasteiger partial charge on any atom is 0.466 e. The minimum Gasteiger partial charge on any atom is -0.743 e. The molecule has 1 amide bonds. The standard InChI is InChI=1S/C12H13F6NO8S/c1-6(20)5-19-9(22)11(12(16,17)18,27-8(21)7(2)13)26-4-3-10(14,15)28(23,24)25/h2-5H2,1H3,(H,19,22)(H,23,24,25)/p-1. The average Bonchev–Trinajstić information content (AvgIpc) is 2.48. The van der Waals surface area contributed by atoms with Gasteiger partial charge in [0.2, 0.25) is 5.83 Å². The Hall–Kier alpha value is -2.20. The molecule has 0 bridgehead atoms. The lowest BCUT2D eigenvalue weighted by Crippen LogP contribution is -2.62. The number of ether oxygens (including phenoxy) is 2. The van der Waals surface area contributed by atoms with Gasteiger partial charge in [0.1, 0.15) is 5.78 Å². The lowest BCUT2D eigenvalue weighted by Gasteiger charge is -2.33. The summed E-state index contributed by atoms with van der Waals surface area (Å²) in [6.07, 6.45) is -8.20. The fourth-order valence-electron chi connectivity index (χ4n) is 1.36. The third-order valence-electron chi connectivity index (χ3n) is 2.69. The second kappa shape index (κ2) is 8.87. The van der Waals surface area contributed by atoms with Crippen LogP contribution in [0.1, 0.15) is 13.3 Å². The normalized spacial score (nSPS) is 14.7. The predicted molar refractivity (Wildman–Crippen MR) is 74.0 cm³/mol. The molecule has 0 rings (SSSR count). The smallest absolute Gasteiger partial charge is 0.466 e. The minimum absolute atomic E-state index is 0.825. The molecule has 0 aliphatic carbocycles. The Bertz CT molecular complexity index is 750. The van der Waals surface area contributed by atoms with Gasteiger partial charge < -0.3 is 19.3 Å². The van der Waals surface area contributed by atoms with Crippen molar-refractivity contribution in [2.45, 2.75) is 30.6 Å². The summed E-state index contributed by atoms with van der Waals surface area (Å²) in [5.41, 5.74) is 0. The highest BCUT2D eigenvalue weighted by Gasteiger charge is 2.66. The molecule has 162 valence electrons. The Labute approximate surface area is 153 Å². The van der Waals surface area contributed by atoms with Crippen LogP contribution in [0.5, 0.6) is 0 Å². The summed E-state index contributed by atoms with van der Waals surface area (Å²) in [6, 6.07) is 0. The van der Waals surface area contributed by atoms with E-state index in [2.05, 4.69) is 16.1 Å². The second-order valence-electron chi connectivity index (χ2n) is 4.98. The first-order chi connectivity index (χ1) is 12.4. The second-order valence-corrected chi connectivity index (χ2v) is 6.49.